The van der Waals surface area contributed by atoms with Gasteiger partial charge in [-0.15, -0.1) is 4.59 Å². The number of aromatic amines is 1. The third kappa shape index (κ3) is 1.71. The van der Waals surface area contributed by atoms with Gasteiger partial charge in [0.05, 0.1) is 23.5 Å². The van der Waals surface area contributed by atoms with Crippen LogP contribution in [0.2, 0.25) is 0 Å². The van der Waals surface area contributed by atoms with Crippen LogP contribution in [0, 0.1) is 13.0 Å². The maximum absolute atomic E-state index is 4.61. The summed E-state index contributed by atoms with van der Waals surface area (Å²) in [6, 6.07) is 10.2. The largest absolute Gasteiger partial charge is 0.277 e. The highest BCUT2D eigenvalue weighted by Gasteiger charge is 2.34. The second kappa shape index (κ2) is 4.36. The van der Waals surface area contributed by atoms with Gasteiger partial charge in [0.1, 0.15) is 6.20 Å². The Labute approximate surface area is 121 Å². The summed E-state index contributed by atoms with van der Waals surface area (Å²) in [6.45, 7) is 1.99. The number of hydrogen-bond donors (Lipinski definition) is 1. The lowest BCUT2D eigenvalue weighted by atomic mass is 10.1. The lowest BCUT2D eigenvalue weighted by Gasteiger charge is -2.24. The van der Waals surface area contributed by atoms with Crippen molar-refractivity contribution >= 4 is 28.5 Å². The molecule has 1 aliphatic heterocycles. The van der Waals surface area contributed by atoms with Crippen molar-refractivity contribution < 1.29 is 0 Å². The first-order chi connectivity index (χ1) is 10.3. The van der Waals surface area contributed by atoms with E-state index in [0.29, 0.717) is 0 Å². The number of hydrogen-bond acceptors (Lipinski definition) is 3. The number of aryl methyl sites for hydroxylation is 1. The van der Waals surface area contributed by atoms with Crippen LogP contribution >= 0.6 is 0 Å². The van der Waals surface area contributed by atoms with E-state index in [4.69, 9.17) is 0 Å². The van der Waals surface area contributed by atoms with E-state index in [2.05, 4.69) is 44.6 Å². The topological polar surface area (TPSA) is 53.9 Å². The number of fused-ring (bicyclic) bond motifs is 1. The molecule has 3 aromatic rings. The number of pyridine rings is 1. The molecular weight excluding hydrogens is 262 g/mol. The number of quaternary nitrogens is 1. The van der Waals surface area contributed by atoms with Crippen LogP contribution < -0.4 is 4.59 Å². The van der Waals surface area contributed by atoms with Gasteiger partial charge in [-0.3, -0.25) is 10.1 Å². The Kier molecular flexibility index (Phi) is 2.49. The molecule has 0 fully saturated rings. The number of rotatable bonds is 2. The van der Waals surface area contributed by atoms with Gasteiger partial charge in [-0.05, 0) is 13.0 Å². The van der Waals surface area contributed by atoms with Crippen LogP contribution in [0.3, 0.4) is 0 Å². The van der Waals surface area contributed by atoms with Gasteiger partial charge >= 0.3 is 0 Å². The first-order valence-electron chi connectivity index (χ1n) is 6.69. The quantitative estimate of drug-likeness (QED) is 0.730. The zero-order valence-electron chi connectivity index (χ0n) is 11.5. The molecule has 0 aliphatic carbocycles. The molecule has 1 radical (unpaired) electrons. The fourth-order valence-corrected chi connectivity index (χ4v) is 2.66. The van der Waals surface area contributed by atoms with Gasteiger partial charge in [0.2, 0.25) is 0 Å². The van der Waals surface area contributed by atoms with Crippen LogP contribution in [0.15, 0.2) is 54.0 Å². The van der Waals surface area contributed by atoms with Crippen LogP contribution in [0.1, 0.15) is 5.69 Å². The van der Waals surface area contributed by atoms with Gasteiger partial charge < -0.3 is 0 Å². The van der Waals surface area contributed by atoms with Crippen LogP contribution in [-0.2, 0) is 0 Å². The van der Waals surface area contributed by atoms with E-state index in [1.807, 2.05) is 25.3 Å². The Morgan fingerprint density at radius 3 is 2.71 bits per heavy atom. The van der Waals surface area contributed by atoms with Crippen LogP contribution in [0.5, 0.6) is 0 Å². The second-order valence-corrected chi connectivity index (χ2v) is 4.97. The third-order valence-corrected chi connectivity index (χ3v) is 3.76. The van der Waals surface area contributed by atoms with Gasteiger partial charge in [-0.1, -0.05) is 5.10 Å². The van der Waals surface area contributed by atoms with Gasteiger partial charge in [0.25, 0.3) is 0 Å². The van der Waals surface area contributed by atoms with Crippen molar-refractivity contribution in [3.05, 3.63) is 60.7 Å². The van der Waals surface area contributed by atoms with Crippen LogP contribution in [0.25, 0.3) is 10.9 Å². The molecule has 5 heteroatoms. The SMILES string of the molecule is Cc1n[nH]c2cc([N+]3(c4ccncc4)C=[C]C=N3)ccc12. The minimum atomic E-state index is 0.260. The van der Waals surface area contributed by atoms with Crippen molar-refractivity contribution in [1.29, 1.82) is 0 Å². The minimum absolute atomic E-state index is 0.260. The van der Waals surface area contributed by atoms with E-state index in [9.17, 15) is 0 Å². The van der Waals surface area contributed by atoms with E-state index in [1.165, 1.54) is 0 Å². The van der Waals surface area contributed by atoms with Crippen molar-refractivity contribution in [1.82, 2.24) is 19.8 Å². The first kappa shape index (κ1) is 12.0. The zero-order chi connectivity index (χ0) is 14.3. The summed E-state index contributed by atoms with van der Waals surface area (Å²) >= 11 is 0. The molecule has 101 valence electrons. The molecule has 3 heterocycles. The lowest BCUT2D eigenvalue weighted by Crippen LogP contribution is -2.29. The molecule has 0 spiro atoms. The number of nitrogens with zero attached hydrogens (tertiary/aromatic N) is 4. The van der Waals surface area contributed by atoms with Gasteiger partial charge in [-0.25, -0.2) is 0 Å². The predicted octanol–water partition coefficient (Wildman–Crippen LogP) is 3.22. The Morgan fingerprint density at radius 2 is 1.95 bits per heavy atom. The number of H-pyrrole nitrogens is 1. The smallest absolute Gasteiger partial charge is 0.172 e. The average Bonchev–Trinajstić information content (AvgIpc) is 3.16. The van der Waals surface area contributed by atoms with E-state index < -0.39 is 0 Å². The maximum Gasteiger partial charge on any atom is 0.172 e. The predicted molar refractivity (Wildman–Crippen MR) is 82.8 cm³/mol. The van der Waals surface area contributed by atoms with Gasteiger partial charge in [-0.2, -0.15) is 5.10 Å². The molecule has 0 saturated carbocycles. The van der Waals surface area contributed by atoms with E-state index in [0.717, 1.165) is 28.0 Å². The summed E-state index contributed by atoms with van der Waals surface area (Å²) < 4.78 is 0.260. The van der Waals surface area contributed by atoms with Crippen molar-refractivity contribution in [3.63, 3.8) is 0 Å². The molecule has 0 saturated heterocycles. The molecule has 4 rings (SSSR count). The molecule has 5 nitrogen and oxygen atoms in total. The summed E-state index contributed by atoms with van der Waals surface area (Å²) in [5.74, 6) is 0. The highest BCUT2D eigenvalue weighted by molar-refractivity contribution is 5.86. The Bertz CT molecular complexity index is 849. The van der Waals surface area contributed by atoms with Gasteiger partial charge in [0, 0.05) is 42.0 Å². The molecule has 1 N–H and O–H groups in total. The van der Waals surface area contributed by atoms with Crippen molar-refractivity contribution in [2.75, 3.05) is 0 Å². The van der Waals surface area contributed by atoms with Crippen molar-refractivity contribution in [3.8, 4) is 0 Å². The summed E-state index contributed by atoms with van der Waals surface area (Å²) in [6.07, 6.45) is 10.2. The zero-order valence-corrected chi connectivity index (χ0v) is 11.5. The molecule has 1 unspecified atom stereocenters. The first-order valence-corrected chi connectivity index (χ1v) is 6.69. The minimum Gasteiger partial charge on any atom is -0.277 e. The van der Waals surface area contributed by atoms with E-state index in [1.54, 1.807) is 18.6 Å². The van der Waals surface area contributed by atoms with Crippen molar-refractivity contribution in [2.45, 2.75) is 6.92 Å². The molecule has 1 aromatic carbocycles. The monoisotopic (exact) mass is 275 g/mol. The summed E-state index contributed by atoms with van der Waals surface area (Å²) in [4.78, 5) is 4.08. The number of allylic oxidation sites excluding steroid dienone is 1. The summed E-state index contributed by atoms with van der Waals surface area (Å²) in [7, 11) is 0. The van der Waals surface area contributed by atoms with Crippen LogP contribution in [0.4, 0.5) is 11.4 Å². The fourth-order valence-electron chi connectivity index (χ4n) is 2.66. The molecule has 0 bridgehead atoms. The summed E-state index contributed by atoms with van der Waals surface area (Å²) in [5, 5.41) is 13.0. The van der Waals surface area contributed by atoms with Crippen molar-refractivity contribution in [2.24, 2.45) is 5.10 Å². The van der Waals surface area contributed by atoms with Crippen LogP contribution in [-0.4, -0.2) is 21.4 Å². The lowest BCUT2D eigenvalue weighted by molar-refractivity contribution is 0.551. The normalized spacial score (nSPS) is 20.4. The highest BCUT2D eigenvalue weighted by atomic mass is 15.6. The standard InChI is InChI=1S/C16H13N5/c1-12-15-4-3-14(11-16(15)20-19-12)21(10-2-7-18-21)13-5-8-17-9-6-13/h3-11H,1H3,(H,19,20)/q+1. The Balaban J connectivity index is 1.95. The average molecular weight is 275 g/mol. The van der Waals surface area contributed by atoms with Gasteiger partial charge in [0.15, 0.2) is 11.4 Å². The Hall–Kier alpha value is -2.79. The van der Waals surface area contributed by atoms with E-state index >= 15 is 0 Å². The molecule has 1 atom stereocenters. The second-order valence-electron chi connectivity index (χ2n) is 4.97. The number of nitrogens with one attached hydrogen (secondary N) is 1. The molecule has 1 aliphatic rings. The van der Waals surface area contributed by atoms with E-state index in [-0.39, 0.29) is 4.59 Å². The fraction of sp³-hybridized carbons (Fsp3) is 0.0625. The maximum atomic E-state index is 4.61. The third-order valence-electron chi connectivity index (χ3n) is 3.76. The number of aromatic nitrogens is 3. The summed E-state index contributed by atoms with van der Waals surface area (Å²) in [5.41, 5.74) is 4.05. The molecule has 21 heavy (non-hydrogen) atoms. The molecular formula is C16H13N5+. The molecule has 2 aromatic heterocycles. The number of benzene rings is 1. The highest BCUT2D eigenvalue weighted by Crippen LogP contribution is 2.38. The Morgan fingerprint density at radius 1 is 1.10 bits per heavy atom. The molecule has 0 amide bonds.